The standard InChI is InChI=1S/C19H32N2/c1-5-15-20-18(17-12-8-7-11-16(17)2)19(21(3)4)13-9-6-10-14-19/h7-8,11-12,18,20H,5-6,9-10,13-15H2,1-4H3. The summed E-state index contributed by atoms with van der Waals surface area (Å²) in [6.07, 6.45) is 7.89. The average Bonchev–Trinajstić information content (AvgIpc) is 2.50. The molecule has 0 saturated heterocycles. The van der Waals surface area contributed by atoms with E-state index in [4.69, 9.17) is 0 Å². The van der Waals surface area contributed by atoms with Crippen LogP contribution in [-0.4, -0.2) is 31.1 Å². The van der Waals surface area contributed by atoms with Crippen LogP contribution in [0.15, 0.2) is 24.3 Å². The molecule has 2 nitrogen and oxygen atoms in total. The topological polar surface area (TPSA) is 15.3 Å². The zero-order chi connectivity index (χ0) is 15.3. The fourth-order valence-electron chi connectivity index (χ4n) is 3.95. The second kappa shape index (κ2) is 7.42. The molecule has 1 unspecified atom stereocenters. The summed E-state index contributed by atoms with van der Waals surface area (Å²) in [5.74, 6) is 0. The van der Waals surface area contributed by atoms with Gasteiger partial charge in [-0.15, -0.1) is 0 Å². The van der Waals surface area contributed by atoms with Gasteiger partial charge in [-0.3, -0.25) is 0 Å². The molecular weight excluding hydrogens is 256 g/mol. The highest BCUT2D eigenvalue weighted by Crippen LogP contribution is 2.42. The number of benzene rings is 1. The van der Waals surface area contributed by atoms with Gasteiger partial charge in [-0.05, 0) is 58.0 Å². The third kappa shape index (κ3) is 3.49. The van der Waals surface area contributed by atoms with Crippen LogP contribution in [0.3, 0.4) is 0 Å². The smallest absolute Gasteiger partial charge is 0.0509 e. The molecule has 1 saturated carbocycles. The highest BCUT2D eigenvalue weighted by atomic mass is 15.2. The average molecular weight is 288 g/mol. The highest BCUT2D eigenvalue weighted by Gasteiger charge is 2.42. The molecule has 0 heterocycles. The number of likely N-dealkylation sites (N-methyl/N-ethyl adjacent to an activating group) is 1. The fraction of sp³-hybridized carbons (Fsp3) is 0.684. The van der Waals surface area contributed by atoms with E-state index in [-0.39, 0.29) is 5.54 Å². The molecule has 0 spiro atoms. The summed E-state index contributed by atoms with van der Waals surface area (Å²) >= 11 is 0. The summed E-state index contributed by atoms with van der Waals surface area (Å²) < 4.78 is 0. The molecule has 0 radical (unpaired) electrons. The van der Waals surface area contributed by atoms with E-state index >= 15 is 0 Å². The van der Waals surface area contributed by atoms with E-state index in [1.54, 1.807) is 0 Å². The van der Waals surface area contributed by atoms with Crippen LogP contribution in [0.25, 0.3) is 0 Å². The Bertz CT molecular complexity index is 433. The van der Waals surface area contributed by atoms with E-state index in [9.17, 15) is 0 Å². The molecule has 1 aliphatic rings. The molecule has 118 valence electrons. The Labute approximate surface area is 130 Å². The van der Waals surface area contributed by atoms with Gasteiger partial charge in [-0.25, -0.2) is 0 Å². The normalized spacial score (nSPS) is 19.7. The van der Waals surface area contributed by atoms with Gasteiger partial charge >= 0.3 is 0 Å². The second-order valence-corrected chi connectivity index (χ2v) is 6.80. The van der Waals surface area contributed by atoms with Crippen molar-refractivity contribution in [2.24, 2.45) is 0 Å². The van der Waals surface area contributed by atoms with Crippen molar-refractivity contribution in [2.45, 2.75) is 64.0 Å². The van der Waals surface area contributed by atoms with Gasteiger partial charge in [0.2, 0.25) is 0 Å². The lowest BCUT2D eigenvalue weighted by Crippen LogP contribution is -2.55. The number of nitrogens with one attached hydrogen (secondary N) is 1. The van der Waals surface area contributed by atoms with Gasteiger partial charge in [-0.1, -0.05) is 50.5 Å². The Morgan fingerprint density at radius 3 is 2.38 bits per heavy atom. The Kier molecular flexibility index (Phi) is 5.83. The van der Waals surface area contributed by atoms with Crippen LogP contribution in [0, 0.1) is 6.92 Å². The predicted octanol–water partition coefficient (Wildman–Crippen LogP) is 4.30. The number of hydrogen-bond acceptors (Lipinski definition) is 2. The first-order valence-corrected chi connectivity index (χ1v) is 8.58. The number of hydrogen-bond donors (Lipinski definition) is 1. The first kappa shape index (κ1) is 16.5. The lowest BCUT2D eigenvalue weighted by atomic mass is 9.72. The van der Waals surface area contributed by atoms with Crippen LogP contribution in [-0.2, 0) is 0 Å². The van der Waals surface area contributed by atoms with Crippen LogP contribution in [0.2, 0.25) is 0 Å². The Balaban J connectivity index is 2.39. The van der Waals surface area contributed by atoms with Crippen molar-refractivity contribution in [3.05, 3.63) is 35.4 Å². The van der Waals surface area contributed by atoms with Crippen molar-refractivity contribution >= 4 is 0 Å². The SMILES string of the molecule is CCCNC(c1ccccc1C)C1(N(C)C)CCCCC1. The Morgan fingerprint density at radius 2 is 1.81 bits per heavy atom. The molecule has 2 heteroatoms. The van der Waals surface area contributed by atoms with Crippen molar-refractivity contribution < 1.29 is 0 Å². The maximum atomic E-state index is 3.88. The monoisotopic (exact) mass is 288 g/mol. The quantitative estimate of drug-likeness (QED) is 0.839. The first-order valence-electron chi connectivity index (χ1n) is 8.58. The largest absolute Gasteiger partial charge is 0.308 e. The minimum atomic E-state index is 0.263. The molecule has 0 aromatic heterocycles. The Hall–Kier alpha value is -0.860. The van der Waals surface area contributed by atoms with Gasteiger partial charge in [0.15, 0.2) is 0 Å². The molecule has 2 rings (SSSR count). The molecule has 1 aromatic rings. The maximum absolute atomic E-state index is 3.88. The van der Waals surface area contributed by atoms with Crippen LogP contribution in [0.1, 0.15) is 62.6 Å². The summed E-state index contributed by atoms with van der Waals surface area (Å²) in [5, 5.41) is 3.88. The van der Waals surface area contributed by atoms with Crippen molar-refractivity contribution in [2.75, 3.05) is 20.6 Å². The number of rotatable bonds is 6. The molecule has 1 aromatic carbocycles. The minimum Gasteiger partial charge on any atom is -0.308 e. The second-order valence-electron chi connectivity index (χ2n) is 6.80. The van der Waals surface area contributed by atoms with Crippen LogP contribution >= 0.6 is 0 Å². The van der Waals surface area contributed by atoms with E-state index in [2.05, 4.69) is 62.4 Å². The van der Waals surface area contributed by atoms with Crippen molar-refractivity contribution in [1.29, 1.82) is 0 Å². The molecule has 0 amide bonds. The molecule has 21 heavy (non-hydrogen) atoms. The van der Waals surface area contributed by atoms with E-state index in [0.717, 1.165) is 6.54 Å². The van der Waals surface area contributed by atoms with E-state index in [1.807, 2.05) is 0 Å². The van der Waals surface area contributed by atoms with Gasteiger partial charge in [0.1, 0.15) is 0 Å². The fourth-order valence-corrected chi connectivity index (χ4v) is 3.95. The summed E-state index contributed by atoms with van der Waals surface area (Å²) in [5.41, 5.74) is 3.17. The van der Waals surface area contributed by atoms with Crippen LogP contribution < -0.4 is 5.32 Å². The van der Waals surface area contributed by atoms with Crippen LogP contribution in [0.4, 0.5) is 0 Å². The van der Waals surface area contributed by atoms with Crippen molar-refractivity contribution in [3.63, 3.8) is 0 Å². The molecule has 1 N–H and O–H groups in total. The van der Waals surface area contributed by atoms with E-state index in [0.29, 0.717) is 6.04 Å². The summed E-state index contributed by atoms with van der Waals surface area (Å²) in [6, 6.07) is 9.35. The maximum Gasteiger partial charge on any atom is 0.0509 e. The van der Waals surface area contributed by atoms with Crippen molar-refractivity contribution in [1.82, 2.24) is 10.2 Å². The summed E-state index contributed by atoms with van der Waals surface area (Å²) in [7, 11) is 4.54. The summed E-state index contributed by atoms with van der Waals surface area (Å²) in [6.45, 7) is 5.60. The molecule has 0 bridgehead atoms. The zero-order valence-electron chi connectivity index (χ0n) is 14.3. The molecule has 0 aliphatic heterocycles. The van der Waals surface area contributed by atoms with Crippen LogP contribution in [0.5, 0.6) is 0 Å². The van der Waals surface area contributed by atoms with E-state index < -0.39 is 0 Å². The third-order valence-electron chi connectivity index (χ3n) is 5.25. The van der Waals surface area contributed by atoms with E-state index in [1.165, 1.54) is 49.7 Å². The number of nitrogens with zero attached hydrogens (tertiary/aromatic N) is 1. The van der Waals surface area contributed by atoms with Gasteiger partial charge in [0, 0.05) is 5.54 Å². The Morgan fingerprint density at radius 1 is 1.14 bits per heavy atom. The van der Waals surface area contributed by atoms with Gasteiger partial charge in [0.25, 0.3) is 0 Å². The summed E-state index contributed by atoms with van der Waals surface area (Å²) in [4.78, 5) is 2.49. The number of aryl methyl sites for hydroxylation is 1. The van der Waals surface area contributed by atoms with Gasteiger partial charge in [-0.2, -0.15) is 0 Å². The van der Waals surface area contributed by atoms with Gasteiger partial charge in [0.05, 0.1) is 6.04 Å². The first-order chi connectivity index (χ1) is 10.1. The predicted molar refractivity (Wildman–Crippen MR) is 91.7 cm³/mol. The zero-order valence-corrected chi connectivity index (χ0v) is 14.3. The minimum absolute atomic E-state index is 0.263. The van der Waals surface area contributed by atoms with Gasteiger partial charge < -0.3 is 10.2 Å². The molecule has 1 atom stereocenters. The molecular formula is C19H32N2. The molecule has 1 fully saturated rings. The highest BCUT2D eigenvalue weighted by molar-refractivity contribution is 5.32. The van der Waals surface area contributed by atoms with Crippen molar-refractivity contribution in [3.8, 4) is 0 Å². The lowest BCUT2D eigenvalue weighted by molar-refractivity contribution is 0.0562. The third-order valence-corrected chi connectivity index (χ3v) is 5.25. The molecule has 1 aliphatic carbocycles. The lowest BCUT2D eigenvalue weighted by Gasteiger charge is -2.49.